The maximum atomic E-state index is 13.3. The van der Waals surface area contributed by atoms with Gasteiger partial charge in [-0.15, -0.1) is 0 Å². The lowest BCUT2D eigenvalue weighted by Crippen LogP contribution is -2.61. The van der Waals surface area contributed by atoms with Crippen LogP contribution in [0.1, 0.15) is 138 Å². The van der Waals surface area contributed by atoms with Crippen molar-refractivity contribution >= 4 is 23.2 Å². The molecule has 4 bridgehead atoms. The fourth-order valence-electron chi connectivity index (χ4n) is 13.5. The fourth-order valence-corrected chi connectivity index (χ4v) is 13.5. The van der Waals surface area contributed by atoms with Crippen molar-refractivity contribution in [2.45, 2.75) is 151 Å². The molecular weight excluding hydrogens is 641 g/mol. The second-order valence-electron chi connectivity index (χ2n) is 19.0. The third-order valence-electron chi connectivity index (χ3n) is 16.5. The second-order valence-corrected chi connectivity index (χ2v) is 19.0. The van der Waals surface area contributed by atoms with Gasteiger partial charge in [-0.3, -0.25) is 19.4 Å². The van der Waals surface area contributed by atoms with E-state index in [2.05, 4.69) is 56.8 Å². The molecule has 6 fully saturated rings. The predicted octanol–water partition coefficient (Wildman–Crippen LogP) is 8.76. The number of carbonyl (C=O) groups excluding carboxylic acids is 2. The molecule has 0 aromatic heterocycles. The molecule has 2 heterocycles. The Balaban J connectivity index is 0.785. The number of nitrogens with zero attached hydrogens (tertiary/aromatic N) is 2. The van der Waals surface area contributed by atoms with E-state index >= 15 is 0 Å². The normalized spacial score (nSPS) is 34.1. The first-order valence-corrected chi connectivity index (χ1v) is 21.8. The number of benzene rings is 2. The number of fused-ring (bicyclic) bond motifs is 2. The molecule has 8 aliphatic rings. The summed E-state index contributed by atoms with van der Waals surface area (Å²) in [4.78, 5) is 32.4. The highest BCUT2D eigenvalue weighted by molar-refractivity contribution is 5.97. The zero-order valence-electron chi connectivity index (χ0n) is 31.6. The molecule has 10 rings (SSSR count). The van der Waals surface area contributed by atoms with Gasteiger partial charge in [0.1, 0.15) is 0 Å². The molecule has 52 heavy (non-hydrogen) atoms. The summed E-state index contributed by atoms with van der Waals surface area (Å²) in [6, 6.07) is 14.9. The minimum atomic E-state index is -0.0640. The van der Waals surface area contributed by atoms with E-state index in [1.54, 1.807) is 0 Å². The number of nitrogens with one attached hydrogen (secondary N) is 2. The van der Waals surface area contributed by atoms with E-state index in [0.29, 0.717) is 12.1 Å². The lowest BCUT2D eigenvalue weighted by molar-refractivity contribution is -0.121. The van der Waals surface area contributed by atoms with Crippen LogP contribution in [-0.4, -0.2) is 59.9 Å². The van der Waals surface area contributed by atoms with E-state index in [0.717, 1.165) is 47.9 Å². The summed E-state index contributed by atoms with van der Waals surface area (Å²) in [7, 11) is 0. The summed E-state index contributed by atoms with van der Waals surface area (Å²) in [6.07, 6.45) is 24.4. The van der Waals surface area contributed by atoms with Crippen molar-refractivity contribution in [1.82, 2.24) is 9.80 Å². The number of hydrogen-bond donors (Lipinski definition) is 2. The topological polar surface area (TPSA) is 64.7 Å². The van der Waals surface area contributed by atoms with E-state index in [-0.39, 0.29) is 35.5 Å². The summed E-state index contributed by atoms with van der Waals surface area (Å²) < 4.78 is 0. The van der Waals surface area contributed by atoms with Gasteiger partial charge in [0.15, 0.2) is 0 Å². The van der Waals surface area contributed by atoms with Crippen LogP contribution in [0, 0.1) is 23.7 Å². The molecule has 4 saturated carbocycles. The maximum absolute atomic E-state index is 13.3. The lowest BCUT2D eigenvalue weighted by atomic mass is 9.52. The van der Waals surface area contributed by atoms with Gasteiger partial charge < -0.3 is 10.6 Å². The number of amides is 2. The lowest BCUT2D eigenvalue weighted by Gasteiger charge is -2.59. The molecule has 2 saturated heterocycles. The molecule has 0 radical (unpaired) electrons. The highest BCUT2D eigenvalue weighted by Crippen LogP contribution is 2.58. The molecule has 278 valence electrons. The Labute approximate surface area is 312 Å². The Morgan fingerprint density at radius 3 is 1.46 bits per heavy atom. The molecule has 6 heteroatoms. The first kappa shape index (κ1) is 33.8. The van der Waals surface area contributed by atoms with E-state index in [1.807, 2.05) is 0 Å². The quantitative estimate of drug-likeness (QED) is 0.274. The average Bonchev–Trinajstić information content (AvgIpc) is 3.12. The Morgan fingerprint density at radius 2 is 1.04 bits per heavy atom. The van der Waals surface area contributed by atoms with E-state index in [4.69, 9.17) is 0 Å². The van der Waals surface area contributed by atoms with Crippen LogP contribution in [0.15, 0.2) is 36.4 Å². The summed E-state index contributed by atoms with van der Waals surface area (Å²) in [6.45, 7) is 5.07. The minimum absolute atomic E-state index is 0.0640. The van der Waals surface area contributed by atoms with Gasteiger partial charge in [0.2, 0.25) is 11.8 Å². The SMILES string of the molecule is O=C(CCC(=O)Nc1ccc2c(c1)[C@@]13CCCC[C@H]1[C@H](C2)N(CC1CCC1)CC3)Nc1ccc2c(c1)[C@@]13CCCC[C@H]1[C@H](C2)N(CC1CCC1)CC3. The molecule has 2 aliphatic heterocycles. The first-order chi connectivity index (χ1) is 25.5. The molecule has 6 atom stereocenters. The Bertz CT molecular complexity index is 1570. The summed E-state index contributed by atoms with van der Waals surface area (Å²) in [5, 5.41) is 6.42. The van der Waals surface area contributed by atoms with Crippen molar-refractivity contribution in [1.29, 1.82) is 0 Å². The van der Waals surface area contributed by atoms with E-state index in [9.17, 15) is 9.59 Å². The summed E-state index contributed by atoms with van der Waals surface area (Å²) >= 11 is 0. The van der Waals surface area contributed by atoms with Crippen molar-refractivity contribution in [2.75, 3.05) is 36.8 Å². The fraction of sp³-hybridized carbons (Fsp3) is 0.696. The second kappa shape index (κ2) is 13.6. The van der Waals surface area contributed by atoms with Gasteiger partial charge in [-0.2, -0.15) is 0 Å². The molecular formula is C46H62N4O2. The van der Waals surface area contributed by atoms with Gasteiger partial charge in [0.25, 0.3) is 0 Å². The van der Waals surface area contributed by atoms with E-state index < -0.39 is 0 Å². The van der Waals surface area contributed by atoms with Gasteiger partial charge in [-0.1, -0.05) is 50.7 Å². The van der Waals surface area contributed by atoms with Crippen molar-refractivity contribution in [3.63, 3.8) is 0 Å². The largest absolute Gasteiger partial charge is 0.326 e. The monoisotopic (exact) mass is 702 g/mol. The van der Waals surface area contributed by atoms with Crippen molar-refractivity contribution in [3.05, 3.63) is 58.7 Å². The van der Waals surface area contributed by atoms with Gasteiger partial charge in [0, 0.05) is 60.2 Å². The highest BCUT2D eigenvalue weighted by Gasteiger charge is 2.55. The van der Waals surface area contributed by atoms with Gasteiger partial charge in [0.05, 0.1) is 0 Å². The maximum Gasteiger partial charge on any atom is 0.224 e. The molecule has 6 aliphatic carbocycles. The summed E-state index contributed by atoms with van der Waals surface area (Å²) in [5.41, 5.74) is 8.43. The third-order valence-corrected chi connectivity index (χ3v) is 16.5. The molecule has 2 amide bonds. The number of hydrogen-bond acceptors (Lipinski definition) is 4. The predicted molar refractivity (Wildman–Crippen MR) is 209 cm³/mol. The summed E-state index contributed by atoms with van der Waals surface area (Å²) in [5.74, 6) is 3.21. The third kappa shape index (κ3) is 5.79. The zero-order valence-corrected chi connectivity index (χ0v) is 31.6. The van der Waals surface area contributed by atoms with Crippen LogP contribution in [0.2, 0.25) is 0 Å². The Hall–Kier alpha value is -2.70. The van der Waals surface area contributed by atoms with Gasteiger partial charge in [-0.05, 0) is 160 Å². The molecule has 0 spiro atoms. The molecule has 6 nitrogen and oxygen atoms in total. The minimum Gasteiger partial charge on any atom is -0.326 e. The van der Waals surface area contributed by atoms with Crippen molar-refractivity contribution < 1.29 is 9.59 Å². The Morgan fingerprint density at radius 1 is 0.577 bits per heavy atom. The van der Waals surface area contributed by atoms with Crippen LogP contribution in [0.3, 0.4) is 0 Å². The van der Waals surface area contributed by atoms with Crippen LogP contribution in [-0.2, 0) is 33.3 Å². The highest BCUT2D eigenvalue weighted by atomic mass is 16.2. The van der Waals surface area contributed by atoms with Crippen LogP contribution < -0.4 is 10.6 Å². The van der Waals surface area contributed by atoms with E-state index in [1.165, 1.54) is 151 Å². The van der Waals surface area contributed by atoms with Crippen molar-refractivity contribution in [2.24, 2.45) is 23.7 Å². The smallest absolute Gasteiger partial charge is 0.224 e. The molecule has 0 unspecified atom stereocenters. The molecule has 2 aromatic rings. The number of likely N-dealkylation sites (tertiary alicyclic amines) is 2. The van der Waals surface area contributed by atoms with Crippen LogP contribution >= 0.6 is 0 Å². The van der Waals surface area contributed by atoms with Crippen molar-refractivity contribution in [3.8, 4) is 0 Å². The van der Waals surface area contributed by atoms with Crippen LogP contribution in [0.4, 0.5) is 11.4 Å². The Kier molecular flexibility index (Phi) is 8.82. The number of piperidine rings is 2. The standard InChI is InChI=1S/C46H62N4O2/c51-43(47-35-15-13-33-25-41-37-11-1-3-19-45(37,39(33)27-35)21-23-49(41)29-31-7-5-8-31)17-18-44(52)48-36-16-14-34-26-42-38-12-2-4-20-46(38,40(34)28-36)22-24-50(42)30-32-9-6-10-32/h13-16,27-28,31-32,37-38,41-42H,1-12,17-26,29-30H2,(H,47,51)(H,48,52)/t37-,38-,41-,42-,45+,46+/m0/s1. The number of rotatable bonds is 9. The van der Waals surface area contributed by atoms with Gasteiger partial charge >= 0.3 is 0 Å². The zero-order chi connectivity index (χ0) is 34.9. The number of carbonyl (C=O) groups is 2. The first-order valence-electron chi connectivity index (χ1n) is 21.8. The van der Waals surface area contributed by atoms with Crippen LogP contribution in [0.25, 0.3) is 0 Å². The van der Waals surface area contributed by atoms with Gasteiger partial charge in [-0.25, -0.2) is 0 Å². The molecule has 2 N–H and O–H groups in total. The van der Waals surface area contributed by atoms with Crippen LogP contribution in [0.5, 0.6) is 0 Å². The average molecular weight is 703 g/mol. The number of anilines is 2. The molecule has 2 aromatic carbocycles.